The van der Waals surface area contributed by atoms with E-state index in [1.807, 2.05) is 19.1 Å². The Morgan fingerprint density at radius 3 is 2.91 bits per heavy atom. The third-order valence-electron chi connectivity index (χ3n) is 1.24. The molecule has 1 heterocycles. The fourth-order valence-electron chi connectivity index (χ4n) is 0.694. The predicted octanol–water partition coefficient (Wildman–Crippen LogP) is 2.97. The van der Waals surface area contributed by atoms with Gasteiger partial charge in [0, 0.05) is 11.6 Å². The highest BCUT2D eigenvalue weighted by molar-refractivity contribution is 9.10. The van der Waals surface area contributed by atoms with Gasteiger partial charge in [0.2, 0.25) is 0 Å². The molecule has 0 saturated carbocycles. The molecule has 1 rings (SSSR count). The van der Waals surface area contributed by atoms with Gasteiger partial charge in [-0.1, -0.05) is 0 Å². The lowest BCUT2D eigenvalue weighted by Gasteiger charge is -1.89. The van der Waals surface area contributed by atoms with Gasteiger partial charge in [-0.25, -0.2) is 0 Å². The van der Waals surface area contributed by atoms with E-state index in [-0.39, 0.29) is 0 Å². The molecule has 0 bridgehead atoms. The summed E-state index contributed by atoms with van der Waals surface area (Å²) in [6.45, 7) is 1.83. The van der Waals surface area contributed by atoms with Crippen LogP contribution in [0.5, 0.6) is 0 Å². The third-order valence-corrected chi connectivity index (χ3v) is 1.67. The van der Waals surface area contributed by atoms with Crippen molar-refractivity contribution in [2.24, 2.45) is 0 Å². The fraction of sp³-hybridized carbons (Fsp3) is 0.125. The maximum atomic E-state index is 8.33. The highest BCUT2D eigenvalue weighted by Crippen LogP contribution is 2.20. The standard InChI is InChI=1S/C8H6BrNO/c1-6(4-5-10)7-2-3-8(9)11-7/h2-4H,1H3/b6-4-. The largest absolute Gasteiger partial charge is 0.450 e. The van der Waals surface area contributed by atoms with Crippen LogP contribution in [-0.2, 0) is 0 Å². The number of allylic oxidation sites excluding steroid dienone is 2. The minimum atomic E-state index is 0.679. The van der Waals surface area contributed by atoms with Gasteiger partial charge in [-0.15, -0.1) is 0 Å². The first-order valence-electron chi connectivity index (χ1n) is 3.06. The van der Waals surface area contributed by atoms with Crippen molar-refractivity contribution in [2.75, 3.05) is 0 Å². The van der Waals surface area contributed by atoms with E-state index in [4.69, 9.17) is 9.68 Å². The minimum Gasteiger partial charge on any atom is -0.450 e. The summed E-state index contributed by atoms with van der Waals surface area (Å²) in [4.78, 5) is 0. The van der Waals surface area contributed by atoms with Gasteiger partial charge in [-0.2, -0.15) is 5.26 Å². The van der Waals surface area contributed by atoms with Crippen LogP contribution in [0.15, 0.2) is 27.3 Å². The van der Waals surface area contributed by atoms with Crippen molar-refractivity contribution in [1.29, 1.82) is 5.26 Å². The van der Waals surface area contributed by atoms with Gasteiger partial charge >= 0.3 is 0 Å². The molecule has 0 aliphatic heterocycles. The number of halogens is 1. The Hall–Kier alpha value is -1.01. The molecule has 0 saturated heterocycles. The molecule has 0 aromatic carbocycles. The molecule has 0 N–H and O–H groups in total. The van der Waals surface area contributed by atoms with Gasteiger partial charge in [-0.05, 0) is 35.0 Å². The molecule has 0 atom stereocenters. The van der Waals surface area contributed by atoms with Crippen LogP contribution in [0.3, 0.4) is 0 Å². The smallest absolute Gasteiger partial charge is 0.169 e. The van der Waals surface area contributed by atoms with Crippen molar-refractivity contribution in [3.63, 3.8) is 0 Å². The Morgan fingerprint density at radius 1 is 1.73 bits per heavy atom. The molecule has 0 unspecified atom stereocenters. The lowest BCUT2D eigenvalue weighted by atomic mass is 10.2. The first-order chi connectivity index (χ1) is 5.24. The van der Waals surface area contributed by atoms with Crippen LogP contribution in [0.1, 0.15) is 12.7 Å². The molecule has 0 spiro atoms. The molecular weight excluding hydrogens is 206 g/mol. The average Bonchev–Trinajstić information content (AvgIpc) is 2.36. The summed E-state index contributed by atoms with van der Waals surface area (Å²) in [7, 11) is 0. The summed E-state index contributed by atoms with van der Waals surface area (Å²) in [5.74, 6) is 0.721. The maximum Gasteiger partial charge on any atom is 0.169 e. The predicted molar refractivity (Wildman–Crippen MR) is 45.7 cm³/mol. The summed E-state index contributed by atoms with van der Waals surface area (Å²) < 4.78 is 5.87. The van der Waals surface area contributed by atoms with Crippen LogP contribution in [0.2, 0.25) is 0 Å². The van der Waals surface area contributed by atoms with Gasteiger partial charge in [0.1, 0.15) is 5.76 Å². The molecule has 3 heteroatoms. The summed E-state index contributed by atoms with van der Waals surface area (Å²) in [5, 5.41) is 8.33. The SMILES string of the molecule is C/C(=C/C#N)c1ccc(Br)o1. The van der Waals surface area contributed by atoms with Crippen LogP contribution >= 0.6 is 15.9 Å². The van der Waals surface area contributed by atoms with E-state index < -0.39 is 0 Å². The summed E-state index contributed by atoms with van der Waals surface area (Å²) in [6, 6.07) is 5.55. The lowest BCUT2D eigenvalue weighted by Crippen LogP contribution is -1.70. The fourth-order valence-corrected chi connectivity index (χ4v) is 1.00. The number of hydrogen-bond acceptors (Lipinski definition) is 2. The van der Waals surface area contributed by atoms with Crippen LogP contribution in [0.25, 0.3) is 5.57 Å². The molecule has 0 radical (unpaired) electrons. The van der Waals surface area contributed by atoms with Crippen molar-refractivity contribution >= 4 is 21.5 Å². The Morgan fingerprint density at radius 2 is 2.45 bits per heavy atom. The summed E-state index contributed by atoms with van der Waals surface area (Å²) in [5.41, 5.74) is 0.832. The first-order valence-corrected chi connectivity index (χ1v) is 3.85. The molecule has 11 heavy (non-hydrogen) atoms. The molecule has 0 amide bonds. The zero-order valence-corrected chi connectivity index (χ0v) is 7.55. The molecular formula is C8H6BrNO. The molecule has 1 aromatic rings. The zero-order chi connectivity index (χ0) is 8.27. The summed E-state index contributed by atoms with van der Waals surface area (Å²) in [6.07, 6.45) is 1.45. The topological polar surface area (TPSA) is 36.9 Å². The Balaban J connectivity index is 2.95. The van der Waals surface area contributed by atoms with Crippen LogP contribution < -0.4 is 0 Å². The third kappa shape index (κ3) is 1.95. The number of furan rings is 1. The van der Waals surface area contributed by atoms with Gasteiger partial charge in [0.15, 0.2) is 4.67 Å². The number of hydrogen-bond donors (Lipinski definition) is 0. The van der Waals surface area contributed by atoms with Crippen molar-refractivity contribution in [3.05, 3.63) is 28.6 Å². The molecule has 0 fully saturated rings. The van der Waals surface area contributed by atoms with E-state index in [0.29, 0.717) is 4.67 Å². The van der Waals surface area contributed by atoms with E-state index in [1.54, 1.807) is 6.07 Å². The van der Waals surface area contributed by atoms with Gasteiger partial charge in [0.25, 0.3) is 0 Å². The Labute approximate surface area is 73.3 Å². The Bertz CT molecular complexity index is 319. The van der Waals surface area contributed by atoms with Crippen molar-refractivity contribution in [2.45, 2.75) is 6.92 Å². The van der Waals surface area contributed by atoms with E-state index in [9.17, 15) is 0 Å². The molecule has 2 nitrogen and oxygen atoms in total. The van der Waals surface area contributed by atoms with Gasteiger partial charge in [-0.3, -0.25) is 0 Å². The van der Waals surface area contributed by atoms with E-state index >= 15 is 0 Å². The Kier molecular flexibility index (Phi) is 2.50. The normalized spacial score (nSPS) is 11.2. The van der Waals surface area contributed by atoms with Crippen molar-refractivity contribution in [1.82, 2.24) is 0 Å². The first kappa shape index (κ1) is 8.09. The number of nitriles is 1. The van der Waals surface area contributed by atoms with Crippen LogP contribution in [0, 0.1) is 11.3 Å². The highest BCUT2D eigenvalue weighted by atomic mass is 79.9. The second-order valence-corrected chi connectivity index (χ2v) is 2.84. The highest BCUT2D eigenvalue weighted by Gasteiger charge is 1.99. The molecule has 56 valence electrons. The lowest BCUT2D eigenvalue weighted by molar-refractivity contribution is 0.527. The van der Waals surface area contributed by atoms with E-state index in [0.717, 1.165) is 11.3 Å². The maximum absolute atomic E-state index is 8.33. The zero-order valence-electron chi connectivity index (χ0n) is 5.97. The monoisotopic (exact) mass is 211 g/mol. The average molecular weight is 212 g/mol. The van der Waals surface area contributed by atoms with Crippen LogP contribution in [0.4, 0.5) is 0 Å². The van der Waals surface area contributed by atoms with Crippen molar-refractivity contribution < 1.29 is 4.42 Å². The minimum absolute atomic E-state index is 0.679. The number of rotatable bonds is 1. The molecule has 0 aliphatic rings. The molecule has 0 aliphatic carbocycles. The quantitative estimate of drug-likeness (QED) is 0.671. The molecule has 1 aromatic heterocycles. The van der Waals surface area contributed by atoms with Crippen LogP contribution in [-0.4, -0.2) is 0 Å². The van der Waals surface area contributed by atoms with Gasteiger partial charge in [0.05, 0.1) is 6.07 Å². The second-order valence-electron chi connectivity index (χ2n) is 2.06. The van der Waals surface area contributed by atoms with E-state index in [1.165, 1.54) is 6.08 Å². The van der Waals surface area contributed by atoms with Crippen molar-refractivity contribution in [3.8, 4) is 6.07 Å². The number of nitrogens with zero attached hydrogens (tertiary/aromatic N) is 1. The second kappa shape index (κ2) is 3.40. The summed E-state index contributed by atoms with van der Waals surface area (Å²) >= 11 is 3.17. The van der Waals surface area contributed by atoms with Gasteiger partial charge < -0.3 is 4.42 Å². The van der Waals surface area contributed by atoms with E-state index in [2.05, 4.69) is 15.9 Å².